The number of thioether (sulfide) groups is 1. The minimum atomic E-state index is 0.262. The number of anilines is 2. The minimum Gasteiger partial charge on any atom is -0.345 e. The van der Waals surface area contributed by atoms with Crippen molar-refractivity contribution < 1.29 is 27.5 Å². The Hall–Kier alpha value is -1.91. The third kappa shape index (κ3) is 8.55. The van der Waals surface area contributed by atoms with Gasteiger partial charge in [0.2, 0.25) is 0 Å². The summed E-state index contributed by atoms with van der Waals surface area (Å²) < 4.78 is 5.44. The van der Waals surface area contributed by atoms with Crippen molar-refractivity contribution in [3.8, 4) is 0 Å². The number of aldehydes is 2. The molecule has 8 rings (SSSR count). The topological polar surface area (TPSA) is 95.1 Å². The summed E-state index contributed by atoms with van der Waals surface area (Å²) in [4.78, 5) is 44.3. The molecule has 0 aromatic carbocycles. The van der Waals surface area contributed by atoms with Gasteiger partial charge in [-0.2, -0.15) is 0 Å². The Labute approximate surface area is 352 Å². The summed E-state index contributed by atoms with van der Waals surface area (Å²) in [6, 6.07) is 0. The van der Waals surface area contributed by atoms with Crippen LogP contribution in [0.4, 0.5) is 11.6 Å². The average Bonchev–Trinajstić information content (AvgIpc) is 3.22. The molecule has 56 heavy (non-hydrogen) atoms. The van der Waals surface area contributed by atoms with Crippen molar-refractivity contribution in [2.75, 3.05) is 147 Å². The number of hydrogen-bond acceptors (Lipinski definition) is 9. The lowest BCUT2D eigenvalue weighted by Gasteiger charge is -2.54. The quantitative estimate of drug-likeness (QED) is 0.0913. The predicted molar refractivity (Wildman–Crippen MR) is 227 cm³/mol. The number of piperidine rings is 2. The molecule has 2 aromatic heterocycles. The SMILES string of the molecule is CSc1nc(Cl)c(C=O)c(N2CC[N+]3(CC2)CC[N+]2(CCC(CCCC4CC[N+]5(CC4)CC[N+]4(CCN(c6nc(=S)[nH]c(Cl)c6C=O)CC4)CC5)CC2)CC3)n1. The van der Waals surface area contributed by atoms with Crippen molar-refractivity contribution in [2.45, 2.75) is 50.1 Å². The maximum absolute atomic E-state index is 11.8. The Balaban J connectivity index is 0.720. The van der Waals surface area contributed by atoms with Gasteiger partial charge < -0.3 is 32.7 Å². The zero-order chi connectivity index (χ0) is 39.0. The van der Waals surface area contributed by atoms with Gasteiger partial charge in [0, 0.05) is 0 Å². The van der Waals surface area contributed by atoms with Crippen LogP contribution in [0.5, 0.6) is 0 Å². The molecule has 0 bridgehead atoms. The van der Waals surface area contributed by atoms with Gasteiger partial charge in [-0.25, -0.2) is 15.0 Å². The Morgan fingerprint density at radius 2 is 1.05 bits per heavy atom. The molecule has 0 radical (unpaired) electrons. The summed E-state index contributed by atoms with van der Waals surface area (Å²) in [5.74, 6) is 3.19. The van der Waals surface area contributed by atoms with E-state index in [-0.39, 0.29) is 10.3 Å². The lowest BCUT2D eigenvalue weighted by molar-refractivity contribution is -1.03. The summed E-state index contributed by atoms with van der Waals surface area (Å²) in [5.41, 5.74) is 0.844. The van der Waals surface area contributed by atoms with Crippen LogP contribution in [0.25, 0.3) is 0 Å². The van der Waals surface area contributed by atoms with Crippen molar-refractivity contribution >= 4 is 71.4 Å². The minimum absolute atomic E-state index is 0.262. The number of aromatic amines is 1. The molecule has 16 heteroatoms. The number of hydrogen-bond donors (Lipinski definition) is 1. The fourth-order valence-electron chi connectivity index (χ4n) is 11.4. The van der Waals surface area contributed by atoms with E-state index in [9.17, 15) is 9.59 Å². The van der Waals surface area contributed by atoms with E-state index >= 15 is 0 Å². The second-order valence-corrected chi connectivity index (χ2v) is 20.2. The maximum Gasteiger partial charge on any atom is 0.199 e. The zero-order valence-corrected chi connectivity index (χ0v) is 36.5. The number of nitrogens with one attached hydrogen (secondary N) is 1. The molecular formula is C40H62Cl2N10O2S2+4. The Kier molecular flexibility index (Phi) is 12.4. The van der Waals surface area contributed by atoms with Crippen LogP contribution in [0.1, 0.15) is 65.7 Å². The molecule has 0 unspecified atom stereocenters. The molecule has 4 spiro atoms. The predicted octanol–water partition coefficient (Wildman–Crippen LogP) is 5.21. The van der Waals surface area contributed by atoms with Crippen LogP contribution in [-0.2, 0) is 0 Å². The first-order valence-electron chi connectivity index (χ1n) is 21.3. The normalized spacial score (nSPS) is 24.9. The van der Waals surface area contributed by atoms with Crippen LogP contribution in [-0.4, -0.2) is 188 Å². The maximum atomic E-state index is 11.8. The number of carbonyl (C=O) groups is 2. The zero-order valence-electron chi connectivity index (χ0n) is 33.3. The van der Waals surface area contributed by atoms with Gasteiger partial charge in [0.05, 0.1) is 89.7 Å². The first-order valence-corrected chi connectivity index (χ1v) is 23.7. The van der Waals surface area contributed by atoms with Gasteiger partial charge in [-0.15, -0.1) is 0 Å². The third-order valence-electron chi connectivity index (χ3n) is 15.6. The third-order valence-corrected chi connectivity index (χ3v) is 16.9. The molecule has 6 aliphatic heterocycles. The summed E-state index contributed by atoms with van der Waals surface area (Å²) >= 11 is 19.4. The number of rotatable bonds is 9. The first-order chi connectivity index (χ1) is 27.1. The molecule has 8 heterocycles. The summed E-state index contributed by atoms with van der Waals surface area (Å²) in [7, 11) is 0. The number of H-pyrrole nitrogens is 1. The van der Waals surface area contributed by atoms with Gasteiger partial charge in [0.1, 0.15) is 74.3 Å². The number of nitrogens with zero attached hydrogens (tertiary/aromatic N) is 9. The van der Waals surface area contributed by atoms with Crippen molar-refractivity contribution in [3.05, 3.63) is 26.2 Å². The molecule has 0 saturated carbocycles. The molecule has 0 amide bonds. The lowest BCUT2D eigenvalue weighted by atomic mass is 9.85. The molecule has 1 N–H and O–H groups in total. The Bertz CT molecular complexity index is 1780. The van der Waals surface area contributed by atoms with Crippen molar-refractivity contribution in [1.29, 1.82) is 0 Å². The fourth-order valence-corrected chi connectivity index (χ4v) is 12.5. The van der Waals surface area contributed by atoms with E-state index in [4.69, 9.17) is 35.4 Å². The summed E-state index contributed by atoms with van der Waals surface area (Å²) in [6.45, 7) is 23.9. The fraction of sp³-hybridized carbons (Fsp3) is 0.750. The average molecular weight is 850 g/mol. The van der Waals surface area contributed by atoms with Gasteiger partial charge in [-0.3, -0.25) is 9.59 Å². The van der Waals surface area contributed by atoms with Crippen LogP contribution in [0.2, 0.25) is 10.3 Å². The summed E-state index contributed by atoms with van der Waals surface area (Å²) in [6.07, 6.45) is 13.5. The van der Waals surface area contributed by atoms with Gasteiger partial charge in [-0.05, 0) is 56.0 Å². The number of quaternary nitrogens is 4. The molecule has 0 atom stereocenters. The van der Waals surface area contributed by atoms with Gasteiger partial charge in [-0.1, -0.05) is 54.2 Å². The van der Waals surface area contributed by atoms with E-state index in [0.29, 0.717) is 32.7 Å². The van der Waals surface area contributed by atoms with E-state index in [1.165, 1.54) is 153 Å². The van der Waals surface area contributed by atoms with Crippen LogP contribution >= 0.6 is 47.2 Å². The van der Waals surface area contributed by atoms with Gasteiger partial charge in [0.15, 0.2) is 22.5 Å². The molecule has 12 nitrogen and oxygen atoms in total. The molecule has 6 saturated heterocycles. The molecule has 0 aliphatic carbocycles. The van der Waals surface area contributed by atoms with E-state index in [1.54, 1.807) is 0 Å². The highest BCUT2D eigenvalue weighted by Crippen LogP contribution is 2.36. The van der Waals surface area contributed by atoms with Crippen LogP contribution in [0.3, 0.4) is 0 Å². The largest absolute Gasteiger partial charge is 0.345 e. The van der Waals surface area contributed by atoms with Crippen LogP contribution in [0, 0.1) is 16.6 Å². The van der Waals surface area contributed by atoms with E-state index in [1.807, 2.05) is 6.26 Å². The van der Waals surface area contributed by atoms with Crippen LogP contribution in [0.15, 0.2) is 5.16 Å². The second kappa shape index (κ2) is 17.0. The van der Waals surface area contributed by atoms with E-state index in [2.05, 4.69) is 29.7 Å². The molecule has 6 aliphatic rings. The highest BCUT2D eigenvalue weighted by molar-refractivity contribution is 7.98. The molecule has 6 fully saturated rings. The molecule has 2 aromatic rings. The van der Waals surface area contributed by atoms with Crippen LogP contribution < -0.4 is 9.80 Å². The Morgan fingerprint density at radius 1 is 0.643 bits per heavy atom. The van der Waals surface area contributed by atoms with Gasteiger partial charge in [0.25, 0.3) is 0 Å². The molecular weight excluding hydrogens is 788 g/mol. The number of piperazine rings is 4. The lowest BCUT2D eigenvalue weighted by Crippen LogP contribution is -2.71. The Morgan fingerprint density at radius 3 is 1.46 bits per heavy atom. The van der Waals surface area contributed by atoms with Crippen molar-refractivity contribution in [3.63, 3.8) is 0 Å². The monoisotopic (exact) mass is 848 g/mol. The van der Waals surface area contributed by atoms with Crippen molar-refractivity contribution in [1.82, 2.24) is 19.9 Å². The first kappa shape index (κ1) is 40.9. The highest BCUT2D eigenvalue weighted by Gasteiger charge is 2.47. The smallest absolute Gasteiger partial charge is 0.199 e. The standard InChI is InChI=1S/C40H61Cl2N10O2S2/c1-56-40-44-36(42)34(30-54)38(46-40)48-11-19-52(20-12-48)27-23-50(24-28-52)15-7-32(8-16-50)4-2-3-31-5-13-49(14-6-31)21-25-51(26-22-49)17-9-47(10-18-51)37-33(29-53)35(41)43-39(55)45-37/h29-32H,2-28H2,1H3/q+3/p+1. The second-order valence-electron chi connectivity index (χ2n) is 18.3. The number of aromatic nitrogens is 4. The summed E-state index contributed by atoms with van der Waals surface area (Å²) in [5, 5.41) is 1.17. The number of halogens is 2. The number of carbonyl (C=O) groups excluding carboxylic acids is 2. The van der Waals surface area contributed by atoms with Crippen molar-refractivity contribution in [2.24, 2.45) is 11.8 Å². The van der Waals surface area contributed by atoms with E-state index in [0.717, 1.165) is 76.8 Å². The van der Waals surface area contributed by atoms with E-state index < -0.39 is 0 Å². The van der Waals surface area contributed by atoms with Gasteiger partial charge >= 0.3 is 0 Å². The highest BCUT2D eigenvalue weighted by atomic mass is 35.5. The molecule has 306 valence electrons.